The largest absolute Gasteiger partial charge is 0.435 e. The van der Waals surface area contributed by atoms with E-state index in [0.717, 1.165) is 35.1 Å². The van der Waals surface area contributed by atoms with Crippen LogP contribution in [-0.4, -0.2) is 24.7 Å². The maximum atomic E-state index is 13.4. The molecular formula is C12H10F5N3O2S. The molecule has 11 heteroatoms. The SMILES string of the molecule is O=S(=O)(NCCn1ccc(C(F)(F)F)n1)c1c(F)cccc1F. The fourth-order valence-electron chi connectivity index (χ4n) is 1.74. The first kappa shape index (κ1) is 17.3. The minimum atomic E-state index is -4.61. The number of benzene rings is 1. The molecule has 1 aromatic heterocycles. The molecule has 2 rings (SSSR count). The molecule has 1 heterocycles. The van der Waals surface area contributed by atoms with Crippen LogP contribution in [0.25, 0.3) is 0 Å². The van der Waals surface area contributed by atoms with Crippen LogP contribution in [0, 0.1) is 11.6 Å². The average Bonchev–Trinajstić information content (AvgIpc) is 2.86. The first-order valence-corrected chi connectivity index (χ1v) is 7.64. The highest BCUT2D eigenvalue weighted by Crippen LogP contribution is 2.27. The standard InChI is InChI=1S/C12H10F5N3O2S/c13-8-2-1-3-9(14)11(8)23(21,22)18-5-7-20-6-4-10(19-20)12(15,16)17/h1-4,6,18H,5,7H2. The highest BCUT2D eigenvalue weighted by Gasteiger charge is 2.33. The minimum absolute atomic E-state index is 0.245. The van der Waals surface area contributed by atoms with E-state index >= 15 is 0 Å². The summed E-state index contributed by atoms with van der Waals surface area (Å²) in [6, 6.07) is 3.29. The topological polar surface area (TPSA) is 64.0 Å². The molecule has 0 aliphatic heterocycles. The predicted octanol–water partition coefficient (Wildman–Crippen LogP) is 2.16. The van der Waals surface area contributed by atoms with E-state index in [1.807, 2.05) is 4.72 Å². The van der Waals surface area contributed by atoms with Crippen molar-refractivity contribution < 1.29 is 30.4 Å². The molecule has 0 aliphatic carbocycles. The Bertz CT molecular complexity index is 781. The summed E-state index contributed by atoms with van der Waals surface area (Å²) in [7, 11) is -4.48. The summed E-state index contributed by atoms with van der Waals surface area (Å²) in [5.74, 6) is -2.54. The monoisotopic (exact) mass is 355 g/mol. The molecule has 23 heavy (non-hydrogen) atoms. The van der Waals surface area contributed by atoms with Gasteiger partial charge in [0.1, 0.15) is 11.6 Å². The van der Waals surface area contributed by atoms with Gasteiger partial charge in [0.05, 0.1) is 6.54 Å². The Morgan fingerprint density at radius 2 is 1.74 bits per heavy atom. The van der Waals surface area contributed by atoms with Gasteiger partial charge in [0.25, 0.3) is 0 Å². The van der Waals surface area contributed by atoms with Crippen molar-refractivity contribution in [2.24, 2.45) is 0 Å². The van der Waals surface area contributed by atoms with Crippen LogP contribution in [0.3, 0.4) is 0 Å². The fourth-order valence-corrected chi connectivity index (χ4v) is 2.90. The number of nitrogens with zero attached hydrogens (tertiary/aromatic N) is 2. The molecule has 5 nitrogen and oxygen atoms in total. The van der Waals surface area contributed by atoms with Crippen LogP contribution in [0.1, 0.15) is 5.69 Å². The van der Waals surface area contributed by atoms with Crippen molar-refractivity contribution in [3.63, 3.8) is 0 Å². The van der Waals surface area contributed by atoms with Gasteiger partial charge in [-0.3, -0.25) is 4.68 Å². The molecule has 1 aromatic carbocycles. The van der Waals surface area contributed by atoms with E-state index in [-0.39, 0.29) is 6.54 Å². The summed E-state index contributed by atoms with van der Waals surface area (Å²) in [5.41, 5.74) is -1.12. The first-order valence-electron chi connectivity index (χ1n) is 6.15. The predicted molar refractivity (Wildman–Crippen MR) is 68.8 cm³/mol. The molecule has 0 saturated carbocycles. The Morgan fingerprint density at radius 1 is 1.13 bits per heavy atom. The van der Waals surface area contributed by atoms with Gasteiger partial charge in [0.2, 0.25) is 10.0 Å². The lowest BCUT2D eigenvalue weighted by molar-refractivity contribution is -0.141. The number of sulfonamides is 1. The number of hydrogen-bond donors (Lipinski definition) is 1. The van der Waals surface area contributed by atoms with Crippen LogP contribution in [0.5, 0.6) is 0 Å². The molecule has 0 fully saturated rings. The van der Waals surface area contributed by atoms with Gasteiger partial charge in [-0.2, -0.15) is 18.3 Å². The molecular weight excluding hydrogens is 345 g/mol. The Balaban J connectivity index is 2.05. The van der Waals surface area contributed by atoms with Gasteiger partial charge in [-0.25, -0.2) is 21.9 Å². The number of rotatable bonds is 5. The van der Waals surface area contributed by atoms with Gasteiger partial charge in [0.15, 0.2) is 10.6 Å². The molecule has 0 amide bonds. The third-order valence-corrected chi connectivity index (χ3v) is 4.26. The van der Waals surface area contributed by atoms with Crippen LogP contribution in [0.4, 0.5) is 22.0 Å². The quantitative estimate of drug-likeness (QED) is 0.836. The number of nitrogens with one attached hydrogen (secondary N) is 1. The third kappa shape index (κ3) is 4.05. The van der Waals surface area contributed by atoms with Gasteiger partial charge >= 0.3 is 6.18 Å². The average molecular weight is 355 g/mol. The molecule has 2 aromatic rings. The molecule has 126 valence electrons. The van der Waals surface area contributed by atoms with E-state index in [4.69, 9.17) is 0 Å². The second-order valence-corrected chi connectivity index (χ2v) is 6.11. The molecule has 0 aliphatic rings. The zero-order valence-electron chi connectivity index (χ0n) is 11.3. The summed E-state index contributed by atoms with van der Waals surface area (Å²) in [6.45, 7) is -0.638. The Hall–Kier alpha value is -2.01. The molecule has 0 unspecified atom stereocenters. The van der Waals surface area contributed by atoms with Gasteiger partial charge < -0.3 is 0 Å². The Kier molecular flexibility index (Phi) is 4.71. The molecule has 0 bridgehead atoms. The highest BCUT2D eigenvalue weighted by atomic mass is 32.2. The van der Waals surface area contributed by atoms with Crippen LogP contribution in [-0.2, 0) is 22.7 Å². The number of aromatic nitrogens is 2. The van der Waals surface area contributed by atoms with E-state index in [9.17, 15) is 30.4 Å². The zero-order valence-corrected chi connectivity index (χ0v) is 12.1. The zero-order chi connectivity index (χ0) is 17.3. The smallest absolute Gasteiger partial charge is 0.271 e. The summed E-state index contributed by atoms with van der Waals surface area (Å²) in [6.07, 6.45) is -3.60. The third-order valence-electron chi connectivity index (χ3n) is 2.75. The lowest BCUT2D eigenvalue weighted by Gasteiger charge is -2.08. The van der Waals surface area contributed by atoms with Crippen molar-refractivity contribution in [3.8, 4) is 0 Å². The van der Waals surface area contributed by atoms with Crippen molar-refractivity contribution in [2.45, 2.75) is 17.6 Å². The lowest BCUT2D eigenvalue weighted by Crippen LogP contribution is -2.29. The van der Waals surface area contributed by atoms with Crippen LogP contribution < -0.4 is 4.72 Å². The molecule has 0 spiro atoms. The van der Waals surface area contributed by atoms with Crippen LogP contribution >= 0.6 is 0 Å². The normalized spacial score (nSPS) is 12.6. The van der Waals surface area contributed by atoms with Gasteiger partial charge in [-0.15, -0.1) is 0 Å². The van der Waals surface area contributed by atoms with E-state index in [0.29, 0.717) is 0 Å². The summed E-state index contributed by atoms with van der Waals surface area (Å²) < 4.78 is 90.3. The van der Waals surface area contributed by atoms with Crippen molar-refractivity contribution in [1.82, 2.24) is 14.5 Å². The Labute approximate surface area is 127 Å². The number of halogens is 5. The van der Waals surface area contributed by atoms with Crippen LogP contribution in [0.2, 0.25) is 0 Å². The van der Waals surface area contributed by atoms with E-state index in [2.05, 4.69) is 5.10 Å². The van der Waals surface area contributed by atoms with Gasteiger partial charge in [-0.05, 0) is 18.2 Å². The minimum Gasteiger partial charge on any atom is -0.271 e. The van der Waals surface area contributed by atoms with Gasteiger partial charge in [0, 0.05) is 12.7 Å². The van der Waals surface area contributed by atoms with Crippen molar-refractivity contribution in [2.75, 3.05) is 6.54 Å². The van der Waals surface area contributed by atoms with Crippen molar-refractivity contribution >= 4 is 10.0 Å². The highest BCUT2D eigenvalue weighted by molar-refractivity contribution is 7.89. The number of hydrogen-bond acceptors (Lipinski definition) is 3. The molecule has 1 N–H and O–H groups in total. The molecule has 0 saturated heterocycles. The maximum Gasteiger partial charge on any atom is 0.435 e. The van der Waals surface area contributed by atoms with Crippen LogP contribution in [0.15, 0.2) is 35.4 Å². The summed E-state index contributed by atoms with van der Waals surface area (Å²) in [5, 5.41) is 3.22. The first-order chi connectivity index (χ1) is 10.6. The second-order valence-electron chi connectivity index (χ2n) is 4.41. The fraction of sp³-hybridized carbons (Fsp3) is 0.250. The summed E-state index contributed by atoms with van der Waals surface area (Å²) in [4.78, 5) is -1.14. The molecule has 0 atom stereocenters. The van der Waals surface area contributed by atoms with E-state index < -0.39 is 45.0 Å². The van der Waals surface area contributed by atoms with Gasteiger partial charge in [-0.1, -0.05) is 6.07 Å². The van der Waals surface area contributed by atoms with E-state index in [1.54, 1.807) is 0 Å². The van der Waals surface area contributed by atoms with E-state index in [1.165, 1.54) is 0 Å². The number of alkyl halides is 3. The Morgan fingerprint density at radius 3 is 2.26 bits per heavy atom. The summed E-state index contributed by atoms with van der Waals surface area (Å²) >= 11 is 0. The maximum absolute atomic E-state index is 13.4. The lowest BCUT2D eigenvalue weighted by atomic mass is 10.3. The van der Waals surface area contributed by atoms with Crippen molar-refractivity contribution in [3.05, 3.63) is 47.8 Å². The second kappa shape index (κ2) is 6.24. The van der Waals surface area contributed by atoms with Crippen molar-refractivity contribution in [1.29, 1.82) is 0 Å². The molecule has 0 radical (unpaired) electrons.